The van der Waals surface area contributed by atoms with Crippen LogP contribution in [0.2, 0.25) is 0 Å². The molecule has 3 aromatic rings. The Labute approximate surface area is 208 Å². The molecule has 1 aromatic heterocycles. The average molecular weight is 491 g/mol. The first-order valence-electron chi connectivity index (χ1n) is 11.1. The predicted octanol–water partition coefficient (Wildman–Crippen LogP) is 5.93. The number of thiophene rings is 1. The second-order valence-electron chi connectivity index (χ2n) is 7.31. The van der Waals surface area contributed by atoms with Crippen molar-refractivity contribution in [1.82, 2.24) is 0 Å². The first kappa shape index (κ1) is 25.5. The molecule has 2 aromatic carbocycles. The number of nitrogens with one attached hydrogen (secondary N) is 1. The Hall–Kier alpha value is -4.09. The number of rotatable bonds is 10. The molecule has 0 aliphatic rings. The van der Waals surface area contributed by atoms with Crippen LogP contribution in [0, 0.1) is 11.3 Å². The molecule has 1 N–H and O–H groups in total. The van der Waals surface area contributed by atoms with Crippen molar-refractivity contribution in [3.8, 4) is 28.7 Å². The SMILES string of the molecule is CCCOc1ccccc1/C=C(\C#N)C(=O)Nc1scc(-c2ccc(OC)cc2)c1C(=O)OCC. The van der Waals surface area contributed by atoms with Crippen molar-refractivity contribution in [2.75, 3.05) is 25.6 Å². The van der Waals surface area contributed by atoms with E-state index >= 15 is 0 Å². The van der Waals surface area contributed by atoms with E-state index in [9.17, 15) is 14.9 Å². The van der Waals surface area contributed by atoms with E-state index in [2.05, 4.69) is 5.32 Å². The van der Waals surface area contributed by atoms with Crippen LogP contribution in [0.15, 0.2) is 59.5 Å². The molecular weight excluding hydrogens is 464 g/mol. The number of hydrogen-bond donors (Lipinski definition) is 1. The topological polar surface area (TPSA) is 97.6 Å². The van der Waals surface area contributed by atoms with E-state index in [1.807, 2.05) is 31.2 Å². The largest absolute Gasteiger partial charge is 0.497 e. The molecule has 0 saturated carbocycles. The number of ether oxygens (including phenoxy) is 3. The van der Waals surface area contributed by atoms with Crippen LogP contribution in [0.3, 0.4) is 0 Å². The molecule has 0 radical (unpaired) electrons. The van der Waals surface area contributed by atoms with Crippen molar-refractivity contribution >= 4 is 34.3 Å². The summed E-state index contributed by atoms with van der Waals surface area (Å²) in [5.74, 6) is 0.0735. The lowest BCUT2D eigenvalue weighted by Crippen LogP contribution is -2.16. The van der Waals surface area contributed by atoms with Gasteiger partial charge in [0.15, 0.2) is 0 Å². The van der Waals surface area contributed by atoms with Crippen molar-refractivity contribution < 1.29 is 23.8 Å². The summed E-state index contributed by atoms with van der Waals surface area (Å²) in [6.45, 7) is 4.41. The van der Waals surface area contributed by atoms with Gasteiger partial charge in [-0.05, 0) is 43.2 Å². The summed E-state index contributed by atoms with van der Waals surface area (Å²) in [5.41, 5.74) is 2.12. The Morgan fingerprint density at radius 1 is 1.11 bits per heavy atom. The quantitative estimate of drug-likeness (QED) is 0.215. The van der Waals surface area contributed by atoms with Gasteiger partial charge < -0.3 is 19.5 Å². The number of benzene rings is 2. The van der Waals surface area contributed by atoms with Crippen LogP contribution in [-0.2, 0) is 9.53 Å². The normalized spacial score (nSPS) is 10.9. The van der Waals surface area contributed by atoms with Crippen LogP contribution >= 0.6 is 11.3 Å². The number of anilines is 1. The van der Waals surface area contributed by atoms with Gasteiger partial charge in [-0.3, -0.25) is 4.79 Å². The fourth-order valence-electron chi connectivity index (χ4n) is 3.26. The zero-order chi connectivity index (χ0) is 25.2. The van der Waals surface area contributed by atoms with Crippen molar-refractivity contribution in [1.29, 1.82) is 5.26 Å². The number of para-hydroxylation sites is 1. The molecule has 0 spiro atoms. The Morgan fingerprint density at radius 3 is 2.51 bits per heavy atom. The second-order valence-corrected chi connectivity index (χ2v) is 8.19. The van der Waals surface area contributed by atoms with E-state index in [-0.39, 0.29) is 17.7 Å². The highest BCUT2D eigenvalue weighted by molar-refractivity contribution is 7.15. The molecule has 7 nitrogen and oxygen atoms in total. The number of hydrogen-bond acceptors (Lipinski definition) is 7. The Morgan fingerprint density at radius 2 is 1.86 bits per heavy atom. The molecule has 0 bridgehead atoms. The highest BCUT2D eigenvalue weighted by atomic mass is 32.1. The van der Waals surface area contributed by atoms with Gasteiger partial charge in [-0.15, -0.1) is 11.3 Å². The number of nitrogens with zero attached hydrogens (tertiary/aromatic N) is 1. The number of methoxy groups -OCH3 is 1. The van der Waals surface area contributed by atoms with E-state index in [0.717, 1.165) is 12.0 Å². The molecule has 8 heteroatoms. The summed E-state index contributed by atoms with van der Waals surface area (Å²) in [7, 11) is 1.58. The standard InChI is InChI=1S/C27H26N2O5S/c1-4-14-34-23-9-7-6-8-19(23)15-20(16-28)25(30)29-26-24(27(31)33-5-2)22(17-35-26)18-10-12-21(32-3)13-11-18/h6-13,15,17H,4-5,14H2,1-3H3,(H,29,30)/b20-15+. The molecule has 0 aliphatic carbocycles. The molecule has 1 heterocycles. The first-order chi connectivity index (χ1) is 17.0. The summed E-state index contributed by atoms with van der Waals surface area (Å²) in [4.78, 5) is 25.8. The lowest BCUT2D eigenvalue weighted by molar-refractivity contribution is -0.112. The molecule has 0 fully saturated rings. The second kappa shape index (κ2) is 12.4. The monoisotopic (exact) mass is 490 g/mol. The molecule has 1 amide bonds. The maximum Gasteiger partial charge on any atom is 0.341 e. The fourth-order valence-corrected chi connectivity index (χ4v) is 4.21. The number of esters is 1. The minimum Gasteiger partial charge on any atom is -0.497 e. The van der Waals surface area contributed by atoms with E-state index in [0.29, 0.717) is 34.2 Å². The maximum atomic E-state index is 13.0. The van der Waals surface area contributed by atoms with Crippen LogP contribution in [-0.4, -0.2) is 32.2 Å². The highest BCUT2D eigenvalue weighted by Gasteiger charge is 2.24. The molecule has 35 heavy (non-hydrogen) atoms. The highest BCUT2D eigenvalue weighted by Crippen LogP contribution is 2.37. The molecule has 0 atom stereocenters. The lowest BCUT2D eigenvalue weighted by Gasteiger charge is -2.10. The van der Waals surface area contributed by atoms with Crippen LogP contribution in [0.5, 0.6) is 11.5 Å². The fraction of sp³-hybridized carbons (Fsp3) is 0.222. The smallest absolute Gasteiger partial charge is 0.341 e. The van der Waals surface area contributed by atoms with Crippen molar-refractivity contribution in [2.45, 2.75) is 20.3 Å². The Kier molecular flexibility index (Phi) is 9.04. The van der Waals surface area contributed by atoms with Crippen molar-refractivity contribution in [3.05, 3.63) is 70.6 Å². The van der Waals surface area contributed by atoms with Crippen LogP contribution in [0.4, 0.5) is 5.00 Å². The van der Waals surface area contributed by atoms with E-state index in [1.54, 1.807) is 49.7 Å². The third-order valence-electron chi connectivity index (χ3n) is 4.94. The Bertz CT molecular complexity index is 1260. The number of carbonyl (C=O) groups is 2. The van der Waals surface area contributed by atoms with E-state index in [4.69, 9.17) is 14.2 Å². The first-order valence-corrected chi connectivity index (χ1v) is 12.0. The Balaban J connectivity index is 1.94. The molecule has 180 valence electrons. The minimum atomic E-state index is -0.633. The predicted molar refractivity (Wildman–Crippen MR) is 137 cm³/mol. The zero-order valence-corrected chi connectivity index (χ0v) is 20.6. The van der Waals surface area contributed by atoms with Gasteiger partial charge >= 0.3 is 5.97 Å². The van der Waals surface area contributed by atoms with Gasteiger partial charge in [0.2, 0.25) is 0 Å². The molecule has 3 rings (SSSR count). The van der Waals surface area contributed by atoms with Gasteiger partial charge in [0.25, 0.3) is 5.91 Å². The number of carbonyl (C=O) groups excluding carboxylic acids is 2. The lowest BCUT2D eigenvalue weighted by atomic mass is 10.0. The third kappa shape index (κ3) is 6.28. The molecule has 0 aliphatic heterocycles. The van der Waals surface area contributed by atoms with Crippen molar-refractivity contribution in [3.63, 3.8) is 0 Å². The van der Waals surface area contributed by atoms with Crippen LogP contribution in [0.25, 0.3) is 17.2 Å². The molecular formula is C27H26N2O5S. The van der Waals surface area contributed by atoms with Crippen LogP contribution in [0.1, 0.15) is 36.2 Å². The van der Waals surface area contributed by atoms with Crippen molar-refractivity contribution in [2.24, 2.45) is 0 Å². The average Bonchev–Trinajstić information content (AvgIpc) is 3.30. The van der Waals surface area contributed by atoms with E-state index < -0.39 is 11.9 Å². The number of nitriles is 1. The van der Waals surface area contributed by atoms with Gasteiger partial charge in [-0.1, -0.05) is 37.3 Å². The van der Waals surface area contributed by atoms with Gasteiger partial charge in [-0.2, -0.15) is 5.26 Å². The van der Waals surface area contributed by atoms with Gasteiger partial charge in [0.1, 0.15) is 33.7 Å². The summed E-state index contributed by atoms with van der Waals surface area (Å²) >= 11 is 1.19. The third-order valence-corrected chi connectivity index (χ3v) is 5.84. The molecule has 0 unspecified atom stereocenters. The van der Waals surface area contributed by atoms with Gasteiger partial charge in [-0.25, -0.2) is 4.79 Å². The van der Waals surface area contributed by atoms with Gasteiger partial charge in [0, 0.05) is 16.5 Å². The summed E-state index contributed by atoms with van der Waals surface area (Å²) in [6, 6.07) is 16.3. The molecule has 0 saturated heterocycles. The summed E-state index contributed by atoms with van der Waals surface area (Å²) in [6.07, 6.45) is 2.30. The van der Waals surface area contributed by atoms with Crippen LogP contribution < -0.4 is 14.8 Å². The van der Waals surface area contributed by atoms with Gasteiger partial charge in [0.05, 0.1) is 20.3 Å². The summed E-state index contributed by atoms with van der Waals surface area (Å²) in [5, 5.41) is 14.5. The zero-order valence-electron chi connectivity index (χ0n) is 19.8. The summed E-state index contributed by atoms with van der Waals surface area (Å²) < 4.78 is 16.2. The van der Waals surface area contributed by atoms with E-state index in [1.165, 1.54) is 17.4 Å². The number of amides is 1. The minimum absolute atomic E-state index is 0.119. The maximum absolute atomic E-state index is 13.0.